The van der Waals surface area contributed by atoms with Gasteiger partial charge in [-0.3, -0.25) is 0 Å². The first kappa shape index (κ1) is 12.9. The summed E-state index contributed by atoms with van der Waals surface area (Å²) in [5, 5.41) is 8.66. The van der Waals surface area contributed by atoms with E-state index in [9.17, 15) is 4.39 Å². The maximum absolute atomic E-state index is 13.6. The third-order valence-electron chi connectivity index (χ3n) is 2.62. The maximum Gasteiger partial charge on any atom is 0.131 e. The largest absolute Gasteiger partial charge is 0.497 e. The van der Waals surface area contributed by atoms with Crippen LogP contribution >= 0.6 is 0 Å². The molecule has 2 aromatic carbocycles. The van der Waals surface area contributed by atoms with Crippen molar-refractivity contribution in [3.8, 4) is 17.6 Å². The molecule has 0 aliphatic carbocycles. The normalized spacial score (nSPS) is 9.74. The number of hydrogen-bond donors (Lipinski definition) is 0. The molecule has 0 aromatic heterocycles. The van der Waals surface area contributed by atoms with Gasteiger partial charge in [-0.05, 0) is 24.3 Å². The molecule has 0 radical (unpaired) electrons. The minimum absolute atomic E-state index is 0.102. The number of ether oxygens (including phenoxy) is 2. The van der Waals surface area contributed by atoms with Gasteiger partial charge in [0.2, 0.25) is 0 Å². The van der Waals surface area contributed by atoms with E-state index in [2.05, 4.69) is 0 Å². The number of methoxy groups -OCH3 is 1. The van der Waals surface area contributed by atoms with Gasteiger partial charge in [-0.15, -0.1) is 0 Å². The summed E-state index contributed by atoms with van der Waals surface area (Å²) in [6.45, 7) is 0.102. The average Bonchev–Trinajstić information content (AvgIpc) is 2.46. The summed E-state index contributed by atoms with van der Waals surface area (Å²) in [4.78, 5) is 0. The Labute approximate surface area is 110 Å². The van der Waals surface area contributed by atoms with E-state index in [4.69, 9.17) is 14.7 Å². The van der Waals surface area contributed by atoms with Gasteiger partial charge in [0.05, 0.1) is 18.7 Å². The number of nitrogens with zero attached hydrogens (tertiary/aromatic N) is 1. The molecule has 0 saturated heterocycles. The lowest BCUT2D eigenvalue weighted by Gasteiger charge is -2.08. The second-order valence-electron chi connectivity index (χ2n) is 3.89. The van der Waals surface area contributed by atoms with Gasteiger partial charge in [0.15, 0.2) is 0 Å². The van der Waals surface area contributed by atoms with Gasteiger partial charge in [-0.2, -0.15) is 5.26 Å². The van der Waals surface area contributed by atoms with E-state index in [1.165, 1.54) is 6.07 Å². The summed E-state index contributed by atoms with van der Waals surface area (Å²) in [5.41, 5.74) is 0.699. The Morgan fingerprint density at radius 1 is 1.16 bits per heavy atom. The first-order valence-corrected chi connectivity index (χ1v) is 5.68. The Balaban J connectivity index is 2.08. The molecule has 0 amide bonds. The van der Waals surface area contributed by atoms with Gasteiger partial charge in [-0.25, -0.2) is 4.39 Å². The summed E-state index contributed by atoms with van der Waals surface area (Å²) < 4.78 is 24.2. The Hall–Kier alpha value is -2.54. The summed E-state index contributed by atoms with van der Waals surface area (Å²) in [6, 6.07) is 13.3. The van der Waals surface area contributed by atoms with Crippen LogP contribution in [0.15, 0.2) is 42.5 Å². The lowest BCUT2D eigenvalue weighted by molar-refractivity contribution is 0.297. The molecule has 0 bridgehead atoms. The van der Waals surface area contributed by atoms with Crippen molar-refractivity contribution in [2.45, 2.75) is 6.61 Å². The van der Waals surface area contributed by atoms with Gasteiger partial charge in [0, 0.05) is 11.6 Å². The fourth-order valence-corrected chi connectivity index (χ4v) is 1.59. The molecule has 0 N–H and O–H groups in total. The van der Waals surface area contributed by atoms with Crippen molar-refractivity contribution in [1.82, 2.24) is 0 Å². The zero-order chi connectivity index (χ0) is 13.7. The van der Waals surface area contributed by atoms with Crippen molar-refractivity contribution in [2.24, 2.45) is 0 Å². The Bertz CT molecular complexity index is 620. The molecule has 4 heteroatoms. The quantitative estimate of drug-likeness (QED) is 0.844. The molecule has 2 rings (SSSR count). The predicted octanol–water partition coefficient (Wildman–Crippen LogP) is 3.28. The fourth-order valence-electron chi connectivity index (χ4n) is 1.59. The Morgan fingerprint density at radius 3 is 2.63 bits per heavy atom. The Kier molecular flexibility index (Phi) is 3.99. The lowest BCUT2D eigenvalue weighted by Crippen LogP contribution is -1.99. The number of halogens is 1. The summed E-state index contributed by atoms with van der Waals surface area (Å²) in [7, 11) is 1.57. The van der Waals surface area contributed by atoms with Gasteiger partial charge >= 0.3 is 0 Å². The van der Waals surface area contributed by atoms with Crippen LogP contribution in [0.25, 0.3) is 0 Å². The summed E-state index contributed by atoms with van der Waals surface area (Å²) in [5.74, 6) is 0.836. The first-order valence-electron chi connectivity index (χ1n) is 5.68. The van der Waals surface area contributed by atoms with Gasteiger partial charge < -0.3 is 9.47 Å². The molecule has 0 atom stereocenters. The van der Waals surface area contributed by atoms with Gasteiger partial charge in [-0.1, -0.05) is 12.1 Å². The molecule has 0 fully saturated rings. The van der Waals surface area contributed by atoms with Gasteiger partial charge in [0.1, 0.15) is 23.9 Å². The molecule has 0 unspecified atom stereocenters. The van der Waals surface area contributed by atoms with Crippen LogP contribution < -0.4 is 9.47 Å². The highest BCUT2D eigenvalue weighted by Gasteiger charge is 2.05. The molecule has 0 saturated carbocycles. The lowest BCUT2D eigenvalue weighted by atomic mass is 10.1. The molecule has 19 heavy (non-hydrogen) atoms. The van der Waals surface area contributed by atoms with E-state index >= 15 is 0 Å². The molecular weight excluding hydrogens is 245 g/mol. The van der Waals surface area contributed by atoms with E-state index in [-0.39, 0.29) is 6.61 Å². The maximum atomic E-state index is 13.6. The first-order chi connectivity index (χ1) is 9.22. The smallest absolute Gasteiger partial charge is 0.131 e. The molecule has 0 aliphatic rings. The van der Waals surface area contributed by atoms with E-state index in [1.807, 2.05) is 6.07 Å². The van der Waals surface area contributed by atoms with E-state index in [1.54, 1.807) is 43.5 Å². The second kappa shape index (κ2) is 5.87. The third kappa shape index (κ3) is 3.23. The van der Waals surface area contributed by atoms with Crippen molar-refractivity contribution < 1.29 is 13.9 Å². The standard InChI is InChI=1S/C15H12FNO2/c1-18-13-3-2-4-14(8-13)19-10-12-6-5-11(9-17)7-15(12)16/h2-8H,10H2,1H3. The minimum atomic E-state index is -0.443. The zero-order valence-corrected chi connectivity index (χ0v) is 10.4. The molecular formula is C15H12FNO2. The molecule has 0 spiro atoms. The van der Waals surface area contributed by atoms with Crippen molar-refractivity contribution in [3.05, 3.63) is 59.4 Å². The van der Waals surface area contributed by atoms with Crippen molar-refractivity contribution in [2.75, 3.05) is 7.11 Å². The highest BCUT2D eigenvalue weighted by Crippen LogP contribution is 2.20. The highest BCUT2D eigenvalue weighted by atomic mass is 19.1. The van der Waals surface area contributed by atoms with Crippen LogP contribution in [0.4, 0.5) is 4.39 Å². The molecule has 2 aromatic rings. The van der Waals surface area contributed by atoms with Crippen LogP contribution in [-0.4, -0.2) is 7.11 Å². The van der Waals surface area contributed by atoms with Crippen LogP contribution in [0.2, 0.25) is 0 Å². The molecule has 3 nitrogen and oxygen atoms in total. The van der Waals surface area contributed by atoms with Crippen LogP contribution in [-0.2, 0) is 6.61 Å². The van der Waals surface area contributed by atoms with E-state index in [0.717, 1.165) is 0 Å². The summed E-state index contributed by atoms with van der Waals surface area (Å²) in [6.07, 6.45) is 0. The SMILES string of the molecule is COc1cccc(OCc2ccc(C#N)cc2F)c1. The number of hydrogen-bond acceptors (Lipinski definition) is 3. The topological polar surface area (TPSA) is 42.2 Å². The Morgan fingerprint density at radius 2 is 1.95 bits per heavy atom. The van der Waals surface area contributed by atoms with Crippen LogP contribution in [0.1, 0.15) is 11.1 Å². The van der Waals surface area contributed by atoms with E-state index in [0.29, 0.717) is 22.6 Å². The van der Waals surface area contributed by atoms with Crippen molar-refractivity contribution >= 4 is 0 Å². The highest BCUT2D eigenvalue weighted by molar-refractivity contribution is 5.34. The minimum Gasteiger partial charge on any atom is -0.497 e. The van der Waals surface area contributed by atoms with Crippen LogP contribution in [0.3, 0.4) is 0 Å². The third-order valence-corrected chi connectivity index (χ3v) is 2.62. The van der Waals surface area contributed by atoms with Gasteiger partial charge in [0.25, 0.3) is 0 Å². The summed E-state index contributed by atoms with van der Waals surface area (Å²) >= 11 is 0. The predicted molar refractivity (Wildman–Crippen MR) is 68.4 cm³/mol. The number of benzene rings is 2. The van der Waals surface area contributed by atoms with Crippen LogP contribution in [0, 0.1) is 17.1 Å². The second-order valence-corrected chi connectivity index (χ2v) is 3.89. The average molecular weight is 257 g/mol. The molecule has 0 aliphatic heterocycles. The number of rotatable bonds is 4. The zero-order valence-electron chi connectivity index (χ0n) is 10.4. The monoisotopic (exact) mass is 257 g/mol. The fraction of sp³-hybridized carbons (Fsp3) is 0.133. The molecule has 96 valence electrons. The number of nitriles is 1. The molecule has 0 heterocycles. The van der Waals surface area contributed by atoms with Crippen molar-refractivity contribution in [3.63, 3.8) is 0 Å². The van der Waals surface area contributed by atoms with E-state index < -0.39 is 5.82 Å². The van der Waals surface area contributed by atoms with Crippen molar-refractivity contribution in [1.29, 1.82) is 5.26 Å². The van der Waals surface area contributed by atoms with Crippen LogP contribution in [0.5, 0.6) is 11.5 Å².